The van der Waals surface area contributed by atoms with Crippen LogP contribution in [0.3, 0.4) is 0 Å². The van der Waals surface area contributed by atoms with Crippen LogP contribution in [0.2, 0.25) is 5.02 Å². The van der Waals surface area contributed by atoms with E-state index < -0.39 is 11.7 Å². The third-order valence-corrected chi connectivity index (χ3v) is 3.57. The number of anilines is 2. The minimum absolute atomic E-state index is 0.0237. The second-order valence-corrected chi connectivity index (χ2v) is 5.68. The quantitative estimate of drug-likeness (QED) is 0.627. The summed E-state index contributed by atoms with van der Waals surface area (Å²) >= 11 is 7.07. The molecule has 4 nitrogen and oxygen atoms in total. The van der Waals surface area contributed by atoms with Crippen molar-refractivity contribution in [2.24, 2.45) is 0 Å². The molecule has 0 atom stereocenters. The summed E-state index contributed by atoms with van der Waals surface area (Å²) in [6.45, 7) is 1.91. The Morgan fingerprint density at radius 3 is 2.82 bits per heavy atom. The highest BCUT2D eigenvalue weighted by Crippen LogP contribution is 2.33. The monoisotopic (exact) mass is 340 g/mol. The van der Waals surface area contributed by atoms with E-state index in [1.165, 1.54) is 18.1 Å². The Morgan fingerprint density at radius 1 is 1.41 bits per heavy atom. The summed E-state index contributed by atoms with van der Waals surface area (Å²) in [5.41, 5.74) is 6.28. The zero-order valence-electron chi connectivity index (χ0n) is 11.7. The minimum atomic E-state index is -0.651. The van der Waals surface area contributed by atoms with Gasteiger partial charge in [-0.15, -0.1) is 0 Å². The predicted octanol–water partition coefficient (Wildman–Crippen LogP) is 4.36. The maximum Gasteiger partial charge on any atom is 0.257 e. The summed E-state index contributed by atoms with van der Waals surface area (Å²) in [7, 11) is 0. The summed E-state index contributed by atoms with van der Waals surface area (Å²) in [6, 6.07) is 8.98. The average Bonchev–Trinajstić information content (AvgIpc) is 2.49. The molecule has 0 aromatic heterocycles. The topological polar surface area (TPSA) is 64.3 Å². The van der Waals surface area contributed by atoms with Gasteiger partial charge in [0, 0.05) is 17.5 Å². The van der Waals surface area contributed by atoms with Crippen molar-refractivity contribution in [1.29, 1.82) is 0 Å². The number of para-hydroxylation sites is 1. The van der Waals surface area contributed by atoms with Crippen molar-refractivity contribution in [3.05, 3.63) is 52.8 Å². The lowest BCUT2D eigenvalue weighted by Gasteiger charge is -2.11. The molecule has 0 aliphatic carbocycles. The Hall–Kier alpha value is -1.92. The number of carbonyl (C=O) groups is 1. The molecule has 0 aliphatic heterocycles. The summed E-state index contributed by atoms with van der Waals surface area (Å²) in [6.07, 6.45) is 0. The normalized spacial score (nSPS) is 10.3. The number of benzene rings is 2. The molecule has 0 bridgehead atoms. The number of nitrogens with two attached hydrogens (primary N) is 1. The molecule has 116 valence electrons. The molecule has 0 spiro atoms. The zero-order valence-corrected chi connectivity index (χ0v) is 13.3. The highest BCUT2D eigenvalue weighted by molar-refractivity contribution is 7.94. The van der Waals surface area contributed by atoms with Gasteiger partial charge in [-0.2, -0.15) is 0 Å². The molecule has 1 amide bonds. The van der Waals surface area contributed by atoms with Crippen LogP contribution in [-0.2, 0) is 0 Å². The number of hydrogen-bond acceptors (Lipinski definition) is 4. The lowest BCUT2D eigenvalue weighted by Crippen LogP contribution is -2.15. The molecule has 22 heavy (non-hydrogen) atoms. The molecule has 0 heterocycles. The van der Waals surface area contributed by atoms with Gasteiger partial charge in [-0.1, -0.05) is 30.7 Å². The fourth-order valence-electron chi connectivity index (χ4n) is 1.70. The summed E-state index contributed by atoms with van der Waals surface area (Å²) < 4.78 is 19.3. The van der Waals surface area contributed by atoms with Gasteiger partial charge in [0.1, 0.15) is 5.82 Å². The van der Waals surface area contributed by atoms with E-state index in [2.05, 4.69) is 5.32 Å². The molecule has 0 saturated heterocycles. The van der Waals surface area contributed by atoms with E-state index >= 15 is 0 Å². The summed E-state index contributed by atoms with van der Waals surface area (Å²) in [5.74, 6) is -0.169. The van der Waals surface area contributed by atoms with Gasteiger partial charge in [0.05, 0.1) is 28.3 Å². The highest BCUT2D eigenvalue weighted by Gasteiger charge is 2.15. The van der Waals surface area contributed by atoms with Crippen molar-refractivity contribution >= 4 is 40.9 Å². The molecule has 3 N–H and O–H groups in total. The molecule has 2 rings (SSSR count). The smallest absolute Gasteiger partial charge is 0.257 e. The lowest BCUT2D eigenvalue weighted by atomic mass is 10.1. The molecule has 0 radical (unpaired) electrons. The lowest BCUT2D eigenvalue weighted by molar-refractivity contribution is 0.102. The van der Waals surface area contributed by atoms with Crippen molar-refractivity contribution in [1.82, 2.24) is 0 Å². The molecular weight excluding hydrogens is 327 g/mol. The van der Waals surface area contributed by atoms with Crippen LogP contribution in [-0.4, -0.2) is 11.7 Å². The third-order valence-electron chi connectivity index (χ3n) is 2.74. The van der Waals surface area contributed by atoms with Crippen LogP contribution >= 0.6 is 23.6 Å². The van der Waals surface area contributed by atoms with Crippen molar-refractivity contribution in [2.75, 3.05) is 16.8 Å². The molecular formula is C15H14ClFN2O2S. The number of halogens is 2. The first-order valence-corrected chi connectivity index (χ1v) is 7.76. The molecule has 0 unspecified atom stereocenters. The average molecular weight is 341 g/mol. The number of carbonyl (C=O) groups excluding carboxylic acids is 1. The standard InChI is InChI=1S/C15H14ClFN2O2S/c1-2-22-21-14-8-13(11(17)7-10(14)16)19-15(20)9-5-3-4-6-12(9)18/h3-8H,2,18H2,1H3,(H,19,20). The zero-order chi connectivity index (χ0) is 16.1. The predicted molar refractivity (Wildman–Crippen MR) is 89.0 cm³/mol. The van der Waals surface area contributed by atoms with E-state index in [0.29, 0.717) is 11.4 Å². The number of rotatable bonds is 5. The van der Waals surface area contributed by atoms with Gasteiger partial charge < -0.3 is 15.2 Å². The third kappa shape index (κ3) is 3.84. The molecule has 0 saturated carbocycles. The van der Waals surface area contributed by atoms with Crippen LogP contribution < -0.4 is 15.2 Å². The van der Waals surface area contributed by atoms with Crippen LogP contribution in [0.4, 0.5) is 15.8 Å². The van der Waals surface area contributed by atoms with E-state index in [4.69, 9.17) is 21.5 Å². The number of hydrogen-bond donors (Lipinski definition) is 2. The van der Waals surface area contributed by atoms with Gasteiger partial charge in [-0.3, -0.25) is 4.79 Å². The van der Waals surface area contributed by atoms with E-state index in [9.17, 15) is 9.18 Å². The number of nitrogens with one attached hydrogen (secondary N) is 1. The van der Waals surface area contributed by atoms with Gasteiger partial charge in [0.2, 0.25) is 0 Å². The Labute approximate surface area is 137 Å². The van der Waals surface area contributed by atoms with Gasteiger partial charge in [0.15, 0.2) is 5.75 Å². The second kappa shape index (κ2) is 7.38. The molecule has 2 aromatic rings. The Bertz CT molecular complexity index is 697. The largest absolute Gasteiger partial charge is 0.424 e. The van der Waals surface area contributed by atoms with Gasteiger partial charge in [-0.05, 0) is 18.2 Å². The SMILES string of the molecule is CCSOc1cc(NC(=O)c2ccccc2N)c(F)cc1Cl. The summed E-state index contributed by atoms with van der Waals surface area (Å²) in [4.78, 5) is 12.2. The fourth-order valence-corrected chi connectivity index (χ4v) is 2.32. The fraction of sp³-hybridized carbons (Fsp3) is 0.133. The molecule has 7 heteroatoms. The van der Waals surface area contributed by atoms with Gasteiger partial charge in [0.25, 0.3) is 5.91 Å². The van der Waals surface area contributed by atoms with Crippen LogP contribution in [0, 0.1) is 5.82 Å². The molecule has 0 fully saturated rings. The first-order valence-electron chi connectivity index (χ1n) is 6.47. The van der Waals surface area contributed by atoms with E-state index in [-0.39, 0.29) is 22.0 Å². The molecule has 0 aliphatic rings. The Balaban J connectivity index is 2.25. The molecule has 2 aromatic carbocycles. The van der Waals surface area contributed by atoms with Gasteiger partial charge in [-0.25, -0.2) is 4.39 Å². The van der Waals surface area contributed by atoms with Crippen LogP contribution in [0.25, 0.3) is 0 Å². The van der Waals surface area contributed by atoms with E-state index in [0.717, 1.165) is 6.07 Å². The minimum Gasteiger partial charge on any atom is -0.424 e. The number of nitrogen functional groups attached to an aromatic ring is 1. The van der Waals surface area contributed by atoms with Gasteiger partial charge >= 0.3 is 0 Å². The van der Waals surface area contributed by atoms with Crippen molar-refractivity contribution in [3.63, 3.8) is 0 Å². The first-order chi connectivity index (χ1) is 10.5. The van der Waals surface area contributed by atoms with Crippen molar-refractivity contribution < 1.29 is 13.4 Å². The Kier molecular flexibility index (Phi) is 5.51. The highest BCUT2D eigenvalue weighted by atomic mass is 35.5. The van der Waals surface area contributed by atoms with Crippen molar-refractivity contribution in [2.45, 2.75) is 6.92 Å². The Morgan fingerprint density at radius 2 is 2.14 bits per heavy atom. The van der Waals surface area contributed by atoms with Crippen LogP contribution in [0.1, 0.15) is 17.3 Å². The maximum absolute atomic E-state index is 13.9. The van der Waals surface area contributed by atoms with E-state index in [1.54, 1.807) is 24.3 Å². The number of amides is 1. The van der Waals surface area contributed by atoms with E-state index in [1.807, 2.05) is 6.92 Å². The maximum atomic E-state index is 13.9. The second-order valence-electron chi connectivity index (χ2n) is 4.29. The van der Waals surface area contributed by atoms with Crippen molar-refractivity contribution in [3.8, 4) is 5.75 Å². The first kappa shape index (κ1) is 16.5. The summed E-state index contributed by atoms with van der Waals surface area (Å²) in [5, 5.41) is 2.60. The van der Waals surface area contributed by atoms with Crippen LogP contribution in [0.5, 0.6) is 5.75 Å². The van der Waals surface area contributed by atoms with Crippen LogP contribution in [0.15, 0.2) is 36.4 Å².